The third-order valence-electron chi connectivity index (χ3n) is 1.41. The standard InChI is InChI=1S/C6H13N5O/c1-5(2)7-3-4-11-6(12)8-9-10-11/h5,7H,3-4H2,1-2H3,(H,8,10,12). The summed E-state index contributed by atoms with van der Waals surface area (Å²) in [6.07, 6.45) is 0. The van der Waals surface area contributed by atoms with Gasteiger partial charge in [0.2, 0.25) is 0 Å². The molecule has 0 saturated heterocycles. The minimum atomic E-state index is -0.263. The van der Waals surface area contributed by atoms with E-state index in [0.717, 1.165) is 6.54 Å². The molecule has 0 saturated carbocycles. The van der Waals surface area contributed by atoms with Gasteiger partial charge in [-0.05, 0) is 10.4 Å². The van der Waals surface area contributed by atoms with E-state index >= 15 is 0 Å². The second-order valence-electron chi connectivity index (χ2n) is 2.84. The number of H-pyrrole nitrogens is 1. The Kier molecular flexibility index (Phi) is 2.98. The highest BCUT2D eigenvalue weighted by Gasteiger charge is 1.97. The molecule has 0 fully saturated rings. The van der Waals surface area contributed by atoms with Gasteiger partial charge in [0.15, 0.2) is 0 Å². The van der Waals surface area contributed by atoms with Crippen LogP contribution in [0.1, 0.15) is 13.8 Å². The SMILES string of the molecule is CC(C)NCCn1nn[nH]c1=O. The van der Waals surface area contributed by atoms with Crippen LogP contribution < -0.4 is 11.0 Å². The first-order chi connectivity index (χ1) is 5.70. The average molecular weight is 171 g/mol. The molecule has 1 heterocycles. The fraction of sp³-hybridized carbons (Fsp3) is 0.833. The van der Waals surface area contributed by atoms with Gasteiger partial charge in [-0.2, -0.15) is 4.68 Å². The fourth-order valence-corrected chi connectivity index (χ4v) is 0.823. The molecule has 1 aromatic heterocycles. The molecule has 68 valence electrons. The van der Waals surface area contributed by atoms with Crippen molar-refractivity contribution in [1.82, 2.24) is 25.5 Å². The summed E-state index contributed by atoms with van der Waals surface area (Å²) in [6, 6.07) is 0.424. The summed E-state index contributed by atoms with van der Waals surface area (Å²) in [6.45, 7) is 5.37. The van der Waals surface area contributed by atoms with E-state index in [4.69, 9.17) is 0 Å². The van der Waals surface area contributed by atoms with Crippen molar-refractivity contribution in [2.75, 3.05) is 6.54 Å². The number of hydrogen-bond donors (Lipinski definition) is 2. The molecular formula is C6H13N5O. The molecule has 0 aliphatic heterocycles. The maximum atomic E-state index is 10.8. The average Bonchev–Trinajstić information content (AvgIpc) is 2.36. The molecule has 0 radical (unpaired) electrons. The van der Waals surface area contributed by atoms with Gasteiger partial charge in [-0.1, -0.05) is 13.8 Å². The molecule has 0 aromatic carbocycles. The van der Waals surface area contributed by atoms with E-state index in [1.165, 1.54) is 4.68 Å². The Morgan fingerprint density at radius 3 is 2.92 bits per heavy atom. The van der Waals surface area contributed by atoms with Gasteiger partial charge in [-0.15, -0.1) is 0 Å². The van der Waals surface area contributed by atoms with Crippen LogP contribution in [-0.2, 0) is 6.54 Å². The van der Waals surface area contributed by atoms with Crippen molar-refractivity contribution in [3.8, 4) is 0 Å². The summed E-state index contributed by atoms with van der Waals surface area (Å²) in [5.41, 5.74) is -0.263. The second-order valence-corrected chi connectivity index (χ2v) is 2.84. The topological polar surface area (TPSA) is 75.6 Å². The lowest BCUT2D eigenvalue weighted by Crippen LogP contribution is -2.30. The monoisotopic (exact) mass is 171 g/mol. The largest absolute Gasteiger partial charge is 0.361 e. The minimum absolute atomic E-state index is 0.263. The van der Waals surface area contributed by atoms with Gasteiger partial charge >= 0.3 is 5.69 Å². The normalized spacial score (nSPS) is 10.9. The van der Waals surface area contributed by atoms with E-state index in [1.807, 2.05) is 13.8 Å². The molecule has 12 heavy (non-hydrogen) atoms. The Balaban J connectivity index is 2.34. The lowest BCUT2D eigenvalue weighted by atomic mass is 10.4. The molecule has 0 amide bonds. The lowest BCUT2D eigenvalue weighted by molar-refractivity contribution is 0.499. The highest BCUT2D eigenvalue weighted by Crippen LogP contribution is 1.76. The van der Waals surface area contributed by atoms with Crippen molar-refractivity contribution in [2.24, 2.45) is 0 Å². The zero-order valence-electron chi connectivity index (χ0n) is 7.24. The molecule has 2 N–H and O–H groups in total. The fourth-order valence-electron chi connectivity index (χ4n) is 0.823. The zero-order chi connectivity index (χ0) is 8.97. The summed E-state index contributed by atoms with van der Waals surface area (Å²) in [5.74, 6) is 0. The van der Waals surface area contributed by atoms with Gasteiger partial charge in [0.25, 0.3) is 0 Å². The number of rotatable bonds is 4. The summed E-state index contributed by atoms with van der Waals surface area (Å²) in [7, 11) is 0. The van der Waals surface area contributed by atoms with E-state index in [1.54, 1.807) is 0 Å². The first kappa shape index (κ1) is 8.92. The predicted molar refractivity (Wildman–Crippen MR) is 43.8 cm³/mol. The summed E-state index contributed by atoms with van der Waals surface area (Å²) in [4.78, 5) is 10.8. The van der Waals surface area contributed by atoms with Crippen LogP contribution in [-0.4, -0.2) is 32.8 Å². The van der Waals surface area contributed by atoms with Gasteiger partial charge < -0.3 is 5.32 Å². The molecular weight excluding hydrogens is 158 g/mol. The van der Waals surface area contributed by atoms with Crippen molar-refractivity contribution in [3.05, 3.63) is 10.5 Å². The van der Waals surface area contributed by atoms with Gasteiger partial charge in [0.05, 0.1) is 6.54 Å². The third kappa shape index (κ3) is 2.46. The Hall–Kier alpha value is -1.17. The Morgan fingerprint density at radius 1 is 1.67 bits per heavy atom. The quantitative estimate of drug-likeness (QED) is 0.607. The van der Waals surface area contributed by atoms with E-state index in [2.05, 4.69) is 20.8 Å². The van der Waals surface area contributed by atoms with Crippen LogP contribution in [0.4, 0.5) is 0 Å². The van der Waals surface area contributed by atoms with Gasteiger partial charge in [-0.25, -0.2) is 9.89 Å². The van der Waals surface area contributed by atoms with Crippen LogP contribution in [0, 0.1) is 0 Å². The van der Waals surface area contributed by atoms with Gasteiger partial charge in [-0.3, -0.25) is 0 Å². The van der Waals surface area contributed by atoms with E-state index in [9.17, 15) is 4.79 Å². The molecule has 0 aliphatic carbocycles. The van der Waals surface area contributed by atoms with Crippen LogP contribution in [0.5, 0.6) is 0 Å². The molecule has 0 aliphatic rings. The number of hydrogen-bond acceptors (Lipinski definition) is 4. The maximum absolute atomic E-state index is 10.8. The van der Waals surface area contributed by atoms with Crippen molar-refractivity contribution < 1.29 is 0 Å². The van der Waals surface area contributed by atoms with Crippen LogP contribution in [0.2, 0.25) is 0 Å². The van der Waals surface area contributed by atoms with Crippen LogP contribution in [0.25, 0.3) is 0 Å². The van der Waals surface area contributed by atoms with E-state index in [-0.39, 0.29) is 5.69 Å². The van der Waals surface area contributed by atoms with Crippen LogP contribution in [0.15, 0.2) is 4.79 Å². The Morgan fingerprint density at radius 2 is 2.42 bits per heavy atom. The Labute approximate surface area is 70.0 Å². The second kappa shape index (κ2) is 4.01. The Bertz CT molecular complexity index is 275. The number of nitrogens with one attached hydrogen (secondary N) is 2. The smallest absolute Gasteiger partial charge is 0.313 e. The van der Waals surface area contributed by atoms with Crippen LogP contribution >= 0.6 is 0 Å². The molecule has 6 heteroatoms. The van der Waals surface area contributed by atoms with E-state index < -0.39 is 0 Å². The number of nitrogens with zero attached hydrogens (tertiary/aromatic N) is 3. The molecule has 1 aromatic rings. The highest BCUT2D eigenvalue weighted by molar-refractivity contribution is 4.55. The molecule has 0 bridgehead atoms. The summed E-state index contributed by atoms with van der Waals surface area (Å²) >= 11 is 0. The zero-order valence-corrected chi connectivity index (χ0v) is 7.24. The van der Waals surface area contributed by atoms with Crippen molar-refractivity contribution >= 4 is 0 Å². The number of aromatic amines is 1. The molecule has 1 rings (SSSR count). The molecule has 0 unspecified atom stereocenters. The lowest BCUT2D eigenvalue weighted by Gasteiger charge is -2.05. The van der Waals surface area contributed by atoms with Gasteiger partial charge in [0.1, 0.15) is 0 Å². The molecule has 6 nitrogen and oxygen atoms in total. The van der Waals surface area contributed by atoms with Crippen molar-refractivity contribution in [1.29, 1.82) is 0 Å². The van der Waals surface area contributed by atoms with E-state index in [0.29, 0.717) is 12.6 Å². The first-order valence-electron chi connectivity index (χ1n) is 3.91. The van der Waals surface area contributed by atoms with Gasteiger partial charge in [0, 0.05) is 12.6 Å². The maximum Gasteiger partial charge on any atom is 0.361 e. The third-order valence-corrected chi connectivity index (χ3v) is 1.41. The predicted octanol–water partition coefficient (Wildman–Crippen LogP) is -1.04. The molecule has 0 atom stereocenters. The molecule has 0 spiro atoms. The minimum Gasteiger partial charge on any atom is -0.313 e. The first-order valence-corrected chi connectivity index (χ1v) is 3.91. The highest BCUT2D eigenvalue weighted by atomic mass is 16.2. The van der Waals surface area contributed by atoms with Crippen LogP contribution in [0.3, 0.4) is 0 Å². The summed E-state index contributed by atoms with van der Waals surface area (Å²) in [5, 5.41) is 12.3. The summed E-state index contributed by atoms with van der Waals surface area (Å²) < 4.78 is 1.29. The number of tetrazole rings is 1. The van der Waals surface area contributed by atoms with Crippen molar-refractivity contribution in [2.45, 2.75) is 26.4 Å². The van der Waals surface area contributed by atoms with Crippen molar-refractivity contribution in [3.63, 3.8) is 0 Å². The number of aromatic nitrogens is 4.